The van der Waals surface area contributed by atoms with Gasteiger partial charge in [0.05, 0.1) is 17.7 Å². The third-order valence-electron chi connectivity index (χ3n) is 2.74. The highest BCUT2D eigenvalue weighted by Crippen LogP contribution is 2.29. The molecule has 0 spiro atoms. The van der Waals surface area contributed by atoms with E-state index < -0.39 is 4.92 Å². The van der Waals surface area contributed by atoms with E-state index in [-0.39, 0.29) is 10.8 Å². The average Bonchev–Trinajstić information content (AvgIpc) is 2.49. The minimum Gasteiger partial charge on any atom is -0.495 e. The molecule has 0 bridgehead atoms. The molecule has 0 saturated heterocycles. The number of nitro groups is 1. The van der Waals surface area contributed by atoms with Crippen LogP contribution in [0.4, 0.5) is 17.1 Å². The van der Waals surface area contributed by atoms with Gasteiger partial charge in [0.2, 0.25) is 0 Å². The van der Waals surface area contributed by atoms with E-state index in [1.165, 1.54) is 25.3 Å². The van der Waals surface area contributed by atoms with Crippen LogP contribution in [0.2, 0.25) is 5.02 Å². The number of non-ortho nitro benzene ring substituents is 1. The van der Waals surface area contributed by atoms with E-state index >= 15 is 0 Å². The Labute approximate surface area is 137 Å². The monoisotopic (exact) mass is 337 g/mol. The van der Waals surface area contributed by atoms with Crippen molar-refractivity contribution in [2.75, 3.05) is 17.7 Å². The smallest absolute Gasteiger partial charge is 0.271 e. The van der Waals surface area contributed by atoms with Crippen LogP contribution in [0.25, 0.3) is 0 Å². The van der Waals surface area contributed by atoms with Crippen molar-refractivity contribution in [3.8, 4) is 5.75 Å². The van der Waals surface area contributed by atoms with Crippen molar-refractivity contribution in [2.24, 2.45) is 0 Å². The third-order valence-corrected chi connectivity index (χ3v) is 3.20. The number of nitrogens with zero attached hydrogens (tertiary/aromatic N) is 1. The first-order valence-electron chi connectivity index (χ1n) is 6.15. The summed E-state index contributed by atoms with van der Waals surface area (Å²) in [4.78, 5) is 10.4. The highest BCUT2D eigenvalue weighted by Gasteiger charge is 2.12. The molecule has 0 aromatic heterocycles. The van der Waals surface area contributed by atoms with E-state index in [1.54, 1.807) is 24.3 Å². The fourth-order valence-corrected chi connectivity index (χ4v) is 2.08. The molecule has 2 aromatic carbocycles. The second-order valence-electron chi connectivity index (χ2n) is 4.23. The van der Waals surface area contributed by atoms with Crippen LogP contribution in [0.3, 0.4) is 0 Å². The van der Waals surface area contributed by atoms with Gasteiger partial charge in [0.15, 0.2) is 5.11 Å². The molecule has 0 radical (unpaired) electrons. The number of benzene rings is 2. The van der Waals surface area contributed by atoms with Crippen LogP contribution in [0.5, 0.6) is 5.75 Å². The minimum absolute atomic E-state index is 0.0578. The Morgan fingerprint density at radius 1 is 1.23 bits per heavy atom. The van der Waals surface area contributed by atoms with Gasteiger partial charge < -0.3 is 15.4 Å². The standard InChI is InChI=1S/C14H12ClN3O3S/c1-21-13-7-6-11(18(19)20)8-12(13)17-14(22)16-10-4-2-9(15)3-5-10/h2-8H,1H3,(H2,16,17,22). The number of thiocarbonyl (C=S) groups is 1. The average molecular weight is 338 g/mol. The Morgan fingerprint density at radius 2 is 1.91 bits per heavy atom. The molecule has 0 fully saturated rings. The van der Waals surface area contributed by atoms with Gasteiger partial charge in [-0.25, -0.2) is 0 Å². The van der Waals surface area contributed by atoms with Crippen LogP contribution in [0.1, 0.15) is 0 Å². The minimum atomic E-state index is -0.486. The van der Waals surface area contributed by atoms with Crippen molar-refractivity contribution in [2.45, 2.75) is 0 Å². The molecule has 0 saturated carbocycles. The molecule has 0 aliphatic carbocycles. The van der Waals surface area contributed by atoms with E-state index in [9.17, 15) is 10.1 Å². The largest absolute Gasteiger partial charge is 0.495 e. The number of nitro benzene ring substituents is 1. The number of anilines is 2. The second kappa shape index (κ2) is 7.06. The number of nitrogens with one attached hydrogen (secondary N) is 2. The number of ether oxygens (including phenoxy) is 1. The molecule has 0 unspecified atom stereocenters. The quantitative estimate of drug-likeness (QED) is 0.497. The molecule has 2 aromatic rings. The van der Waals surface area contributed by atoms with Gasteiger partial charge in [-0.1, -0.05) is 11.6 Å². The van der Waals surface area contributed by atoms with E-state index in [4.69, 9.17) is 28.6 Å². The summed E-state index contributed by atoms with van der Waals surface area (Å²) in [5.74, 6) is 0.450. The van der Waals surface area contributed by atoms with Crippen LogP contribution in [0, 0.1) is 10.1 Å². The van der Waals surface area contributed by atoms with Crippen LogP contribution in [-0.4, -0.2) is 17.1 Å². The van der Waals surface area contributed by atoms with E-state index in [2.05, 4.69) is 10.6 Å². The molecule has 0 aliphatic rings. The molecule has 0 aliphatic heterocycles. The van der Waals surface area contributed by atoms with E-state index in [0.29, 0.717) is 16.5 Å². The van der Waals surface area contributed by atoms with E-state index in [0.717, 1.165) is 5.69 Å². The molecule has 2 rings (SSSR count). The van der Waals surface area contributed by atoms with Gasteiger partial charge in [-0.2, -0.15) is 0 Å². The molecular formula is C14H12ClN3O3S. The highest BCUT2D eigenvalue weighted by molar-refractivity contribution is 7.80. The van der Waals surface area contributed by atoms with Crippen molar-refractivity contribution in [1.82, 2.24) is 0 Å². The first-order valence-corrected chi connectivity index (χ1v) is 6.94. The molecule has 0 heterocycles. The van der Waals surface area contributed by atoms with Crippen molar-refractivity contribution >= 4 is 46.0 Å². The SMILES string of the molecule is COc1ccc([N+](=O)[O-])cc1NC(=S)Nc1ccc(Cl)cc1. The van der Waals surface area contributed by atoms with E-state index in [1.807, 2.05) is 0 Å². The summed E-state index contributed by atoms with van der Waals surface area (Å²) in [7, 11) is 1.47. The highest BCUT2D eigenvalue weighted by atomic mass is 35.5. The van der Waals surface area contributed by atoms with Crippen LogP contribution in [-0.2, 0) is 0 Å². The predicted octanol–water partition coefficient (Wildman–Crippen LogP) is 4.07. The van der Waals surface area contributed by atoms with Gasteiger partial charge >= 0.3 is 0 Å². The van der Waals surface area contributed by atoms with Crippen molar-refractivity contribution in [3.63, 3.8) is 0 Å². The summed E-state index contributed by atoms with van der Waals surface area (Å²) in [5, 5.41) is 17.6. The summed E-state index contributed by atoms with van der Waals surface area (Å²) in [5.41, 5.74) is 1.09. The molecule has 8 heteroatoms. The fourth-order valence-electron chi connectivity index (χ4n) is 1.73. The van der Waals surface area contributed by atoms with Crippen molar-refractivity contribution in [1.29, 1.82) is 0 Å². The lowest BCUT2D eigenvalue weighted by molar-refractivity contribution is -0.384. The topological polar surface area (TPSA) is 76.4 Å². The fraction of sp³-hybridized carbons (Fsp3) is 0.0714. The molecular weight excluding hydrogens is 326 g/mol. The number of rotatable bonds is 4. The lowest BCUT2D eigenvalue weighted by atomic mass is 10.2. The summed E-state index contributed by atoms with van der Waals surface area (Å²) < 4.78 is 5.16. The zero-order chi connectivity index (χ0) is 16.1. The lowest BCUT2D eigenvalue weighted by Gasteiger charge is -2.13. The molecule has 6 nitrogen and oxygen atoms in total. The molecule has 114 valence electrons. The third kappa shape index (κ3) is 4.06. The Kier molecular flexibility index (Phi) is 5.13. The predicted molar refractivity (Wildman–Crippen MR) is 90.9 cm³/mol. The first-order chi connectivity index (χ1) is 10.5. The normalized spacial score (nSPS) is 9.91. The van der Waals surface area contributed by atoms with Gasteiger partial charge in [-0.3, -0.25) is 10.1 Å². The molecule has 2 N–H and O–H groups in total. The number of halogens is 1. The van der Waals surface area contributed by atoms with Gasteiger partial charge in [0, 0.05) is 22.8 Å². The van der Waals surface area contributed by atoms with Crippen LogP contribution in [0.15, 0.2) is 42.5 Å². The molecule has 0 atom stereocenters. The number of hydrogen-bond acceptors (Lipinski definition) is 4. The summed E-state index contributed by atoms with van der Waals surface area (Å²) >= 11 is 11.0. The van der Waals surface area contributed by atoms with Crippen LogP contribution < -0.4 is 15.4 Å². The van der Waals surface area contributed by atoms with Crippen molar-refractivity contribution < 1.29 is 9.66 Å². The van der Waals surface area contributed by atoms with Gasteiger partial charge in [-0.15, -0.1) is 0 Å². The van der Waals surface area contributed by atoms with Crippen LogP contribution >= 0.6 is 23.8 Å². The summed E-state index contributed by atoms with van der Waals surface area (Å²) in [6.07, 6.45) is 0. The maximum absolute atomic E-state index is 10.8. The Bertz CT molecular complexity index is 707. The Morgan fingerprint density at radius 3 is 2.50 bits per heavy atom. The van der Waals surface area contributed by atoms with Gasteiger partial charge in [0.25, 0.3) is 5.69 Å². The lowest BCUT2D eigenvalue weighted by Crippen LogP contribution is -2.19. The zero-order valence-electron chi connectivity index (χ0n) is 11.5. The maximum Gasteiger partial charge on any atom is 0.271 e. The Balaban J connectivity index is 2.14. The second-order valence-corrected chi connectivity index (χ2v) is 5.07. The summed E-state index contributed by atoms with van der Waals surface area (Å²) in [6, 6.07) is 11.2. The number of methoxy groups -OCH3 is 1. The first kappa shape index (κ1) is 16.0. The Hall–Kier alpha value is -2.38. The maximum atomic E-state index is 10.8. The summed E-state index contributed by atoms with van der Waals surface area (Å²) in [6.45, 7) is 0. The molecule has 0 amide bonds. The van der Waals surface area contributed by atoms with Gasteiger partial charge in [0.1, 0.15) is 5.75 Å². The van der Waals surface area contributed by atoms with Crippen molar-refractivity contribution in [3.05, 3.63) is 57.6 Å². The molecule has 22 heavy (non-hydrogen) atoms. The zero-order valence-corrected chi connectivity index (χ0v) is 13.1. The number of hydrogen-bond donors (Lipinski definition) is 2. The van der Waals surface area contributed by atoms with Gasteiger partial charge in [-0.05, 0) is 42.5 Å².